The van der Waals surface area contributed by atoms with Crippen LogP contribution >= 0.6 is 0 Å². The predicted molar refractivity (Wildman–Crippen MR) is 275 cm³/mol. The first kappa shape index (κ1) is 39.7. The third-order valence-electron chi connectivity index (χ3n) is 12.8. The van der Waals surface area contributed by atoms with Gasteiger partial charge in [0.1, 0.15) is 0 Å². The van der Waals surface area contributed by atoms with E-state index in [2.05, 4.69) is 146 Å². The molecule has 314 valence electrons. The minimum atomic E-state index is 0.482. The normalized spacial score (nSPS) is 11.2. The topological polar surface area (TPSA) is 68.2 Å². The first-order valence-electron chi connectivity index (χ1n) is 22.2. The molecule has 68 heavy (non-hydrogen) atoms. The zero-order chi connectivity index (χ0) is 45.7. The average Bonchev–Trinajstić information content (AvgIpc) is 3.93. The van der Waals surface area contributed by atoms with Crippen molar-refractivity contribution in [2.24, 2.45) is 0 Å². The van der Waals surface area contributed by atoms with Crippen LogP contribution in [0.2, 0.25) is 0 Å². The Morgan fingerprint density at radius 1 is 0.382 bits per heavy atom. The van der Waals surface area contributed by atoms with Crippen LogP contribution in [0.25, 0.3) is 121 Å². The van der Waals surface area contributed by atoms with Gasteiger partial charge in [-0.2, -0.15) is 5.26 Å². The number of benzene rings is 9. The van der Waals surface area contributed by atoms with Crippen LogP contribution in [0.4, 0.5) is 11.4 Å². The van der Waals surface area contributed by atoms with E-state index in [0.29, 0.717) is 34.2 Å². The molecule has 12 aromatic rings. The lowest BCUT2D eigenvalue weighted by Gasteiger charge is -2.12. The number of rotatable bonds is 7. The molecule has 7 heteroatoms. The van der Waals surface area contributed by atoms with Crippen molar-refractivity contribution in [3.8, 4) is 73.6 Å². The standard InChI is InChI=1S/C61H35N7/c1-63-46-13-9-11-43(34-46)56-37-55(65-61(66-56)44-12-10-14-47(35-44)64-2)41-23-21-40(22-24-41)50-31-27-42(33-45(50)38-62)39-25-28-48(29-26-39)67-59-20-8-5-17-53(59)54-36-49(30-32-60(54)67)68-57-18-6-3-15-51(57)52-16-4-7-19-58(52)68/h3-37H. The second-order valence-corrected chi connectivity index (χ2v) is 16.7. The Bertz CT molecular complexity index is 3990. The highest BCUT2D eigenvalue weighted by Gasteiger charge is 2.18. The molecule has 0 unspecified atom stereocenters. The summed E-state index contributed by atoms with van der Waals surface area (Å²) in [5, 5.41) is 15.3. The Labute approximate surface area is 392 Å². The van der Waals surface area contributed by atoms with Gasteiger partial charge in [0.25, 0.3) is 0 Å². The lowest BCUT2D eigenvalue weighted by atomic mass is 9.94. The molecule has 0 aliphatic rings. The molecule has 0 fully saturated rings. The van der Waals surface area contributed by atoms with Crippen molar-refractivity contribution in [1.29, 1.82) is 5.26 Å². The monoisotopic (exact) mass is 865 g/mol. The summed E-state index contributed by atoms with van der Waals surface area (Å²) in [4.78, 5) is 17.1. The summed E-state index contributed by atoms with van der Waals surface area (Å²) in [6.07, 6.45) is 0. The first-order valence-corrected chi connectivity index (χ1v) is 22.2. The fourth-order valence-corrected chi connectivity index (χ4v) is 9.59. The lowest BCUT2D eigenvalue weighted by molar-refractivity contribution is 1.17. The van der Waals surface area contributed by atoms with Crippen LogP contribution in [-0.4, -0.2) is 19.1 Å². The Hall–Kier alpha value is -9.87. The molecular weight excluding hydrogens is 831 g/mol. The van der Waals surface area contributed by atoms with E-state index < -0.39 is 0 Å². The Morgan fingerprint density at radius 3 is 1.51 bits per heavy atom. The van der Waals surface area contributed by atoms with E-state index in [4.69, 9.17) is 23.1 Å². The lowest BCUT2D eigenvalue weighted by Crippen LogP contribution is -1.96. The maximum absolute atomic E-state index is 10.5. The average molecular weight is 866 g/mol. The van der Waals surface area contributed by atoms with Gasteiger partial charge in [0.2, 0.25) is 0 Å². The highest BCUT2D eigenvalue weighted by molar-refractivity contribution is 6.12. The van der Waals surface area contributed by atoms with Crippen LogP contribution in [-0.2, 0) is 0 Å². The van der Waals surface area contributed by atoms with Crippen molar-refractivity contribution in [2.45, 2.75) is 0 Å². The van der Waals surface area contributed by atoms with Crippen molar-refractivity contribution in [3.05, 3.63) is 241 Å². The van der Waals surface area contributed by atoms with Crippen LogP contribution < -0.4 is 0 Å². The zero-order valence-corrected chi connectivity index (χ0v) is 36.3. The molecule has 0 bridgehead atoms. The Balaban J connectivity index is 0.862. The fourth-order valence-electron chi connectivity index (χ4n) is 9.59. The van der Waals surface area contributed by atoms with Crippen LogP contribution in [0, 0.1) is 24.5 Å². The molecule has 0 aliphatic heterocycles. The second-order valence-electron chi connectivity index (χ2n) is 16.7. The van der Waals surface area contributed by atoms with Gasteiger partial charge in [0.05, 0.1) is 58.2 Å². The molecular formula is C61H35N7. The van der Waals surface area contributed by atoms with Crippen molar-refractivity contribution < 1.29 is 0 Å². The molecule has 3 aromatic heterocycles. The molecule has 0 aliphatic carbocycles. The maximum Gasteiger partial charge on any atom is 0.187 e. The largest absolute Gasteiger partial charge is 0.309 e. The van der Waals surface area contributed by atoms with Gasteiger partial charge in [-0.1, -0.05) is 140 Å². The van der Waals surface area contributed by atoms with E-state index in [0.717, 1.165) is 61.4 Å². The Kier molecular flexibility index (Phi) is 9.51. The predicted octanol–water partition coefficient (Wildman–Crippen LogP) is 16.0. The van der Waals surface area contributed by atoms with Crippen LogP contribution in [0.1, 0.15) is 5.56 Å². The molecule has 12 rings (SSSR count). The summed E-state index contributed by atoms with van der Waals surface area (Å²) in [7, 11) is 0. The highest BCUT2D eigenvalue weighted by atomic mass is 15.0. The Morgan fingerprint density at radius 2 is 0.882 bits per heavy atom. The minimum absolute atomic E-state index is 0.482. The van der Waals surface area contributed by atoms with Gasteiger partial charge in [-0.15, -0.1) is 0 Å². The van der Waals surface area contributed by atoms with E-state index >= 15 is 0 Å². The summed E-state index contributed by atoms with van der Waals surface area (Å²) >= 11 is 0. The summed E-state index contributed by atoms with van der Waals surface area (Å²) in [6, 6.07) is 74.3. The van der Waals surface area contributed by atoms with E-state index in [-0.39, 0.29) is 0 Å². The third-order valence-corrected chi connectivity index (χ3v) is 12.8. The quantitative estimate of drug-likeness (QED) is 0.150. The summed E-state index contributed by atoms with van der Waals surface area (Å²) in [5.74, 6) is 0.482. The number of fused-ring (bicyclic) bond motifs is 6. The zero-order valence-electron chi connectivity index (χ0n) is 36.3. The van der Waals surface area contributed by atoms with Crippen LogP contribution in [0.15, 0.2) is 212 Å². The molecule has 7 nitrogen and oxygen atoms in total. The molecule has 0 spiro atoms. The van der Waals surface area contributed by atoms with Gasteiger partial charge in [-0.05, 0) is 101 Å². The second kappa shape index (κ2) is 16.3. The van der Waals surface area contributed by atoms with E-state index in [9.17, 15) is 5.26 Å². The highest BCUT2D eigenvalue weighted by Crippen LogP contribution is 2.38. The van der Waals surface area contributed by atoms with Gasteiger partial charge >= 0.3 is 0 Å². The number of hydrogen-bond donors (Lipinski definition) is 0. The van der Waals surface area contributed by atoms with Gasteiger partial charge in [0.15, 0.2) is 17.2 Å². The maximum atomic E-state index is 10.5. The minimum Gasteiger partial charge on any atom is -0.309 e. The number of aromatic nitrogens is 4. The molecule has 9 aromatic carbocycles. The molecule has 3 heterocycles. The number of para-hydroxylation sites is 3. The van der Waals surface area contributed by atoms with Crippen molar-refractivity contribution in [1.82, 2.24) is 19.1 Å². The molecule has 0 amide bonds. The van der Waals surface area contributed by atoms with Crippen LogP contribution in [0.5, 0.6) is 0 Å². The first-order chi connectivity index (χ1) is 33.5. The third kappa shape index (κ3) is 6.74. The molecule has 0 saturated heterocycles. The fraction of sp³-hybridized carbons (Fsp3) is 0. The van der Waals surface area contributed by atoms with Gasteiger partial charge in [-0.25, -0.2) is 19.7 Å². The van der Waals surface area contributed by atoms with Gasteiger partial charge < -0.3 is 9.13 Å². The van der Waals surface area contributed by atoms with Crippen LogP contribution in [0.3, 0.4) is 0 Å². The number of nitriles is 1. The van der Waals surface area contributed by atoms with Crippen molar-refractivity contribution >= 4 is 55.0 Å². The number of hydrogen-bond acceptors (Lipinski definition) is 3. The van der Waals surface area contributed by atoms with Gasteiger partial charge in [0, 0.05) is 44.0 Å². The van der Waals surface area contributed by atoms with E-state index in [1.807, 2.05) is 72.8 Å². The molecule has 0 atom stereocenters. The molecule has 0 N–H and O–H groups in total. The van der Waals surface area contributed by atoms with Crippen molar-refractivity contribution in [2.75, 3.05) is 0 Å². The summed E-state index contributed by atoms with van der Waals surface area (Å²) < 4.78 is 4.70. The summed E-state index contributed by atoms with van der Waals surface area (Å²) in [6.45, 7) is 15.1. The van der Waals surface area contributed by atoms with Gasteiger partial charge in [-0.3, -0.25) is 0 Å². The van der Waals surface area contributed by atoms with E-state index in [1.165, 1.54) is 32.6 Å². The van der Waals surface area contributed by atoms with E-state index in [1.54, 1.807) is 18.2 Å². The summed E-state index contributed by atoms with van der Waals surface area (Å²) in [5.41, 5.74) is 15.9. The smallest absolute Gasteiger partial charge is 0.187 e. The van der Waals surface area contributed by atoms with Crippen molar-refractivity contribution in [3.63, 3.8) is 0 Å². The SMILES string of the molecule is [C-]#[N+]c1cccc(-c2cc(-c3ccc(-c4ccc(-c5ccc(-n6c7ccccc7c7cc(-n8c9ccccc9c9ccccc98)ccc76)cc5)cc4C#N)cc3)nc(-c3cccc([N+]#[C-])c3)n2)c1. The molecule has 0 radical (unpaired) electrons. The molecule has 0 saturated carbocycles. The number of nitrogens with zero attached hydrogens (tertiary/aromatic N) is 7.